The van der Waals surface area contributed by atoms with Crippen LogP contribution >= 0.6 is 11.8 Å². The molecule has 0 aliphatic carbocycles. The van der Waals surface area contributed by atoms with E-state index < -0.39 is 96.1 Å². The van der Waals surface area contributed by atoms with E-state index in [9.17, 15) is 83.2 Å². The van der Waals surface area contributed by atoms with Gasteiger partial charge in [-0.25, -0.2) is 13.6 Å². The van der Waals surface area contributed by atoms with E-state index in [1.54, 1.807) is 67.6 Å². The molecule has 1 saturated heterocycles. The Morgan fingerprint density at radius 2 is 0.964 bits per heavy atom. The number of benzene rings is 7. The normalized spacial score (nSPS) is 15.0. The monoisotopic (exact) mass is 1560 g/mol. The van der Waals surface area contributed by atoms with Crippen molar-refractivity contribution < 1.29 is 88.7 Å². The molecule has 2 aliphatic heterocycles. The van der Waals surface area contributed by atoms with Crippen LogP contribution < -0.4 is 31.9 Å². The largest absolute Gasteiger partial charge is 2.00 e. The third kappa shape index (κ3) is 22.6. The molecule has 111 heavy (non-hydrogen) atoms. The molecule has 7 atom stereocenters. The Labute approximate surface area is 675 Å². The van der Waals surface area contributed by atoms with E-state index in [2.05, 4.69) is 16.0 Å². The van der Waals surface area contributed by atoms with Crippen molar-refractivity contribution >= 4 is 102 Å². The van der Waals surface area contributed by atoms with Crippen molar-refractivity contribution in [1.82, 2.24) is 19.4 Å². The van der Waals surface area contributed by atoms with Gasteiger partial charge in [0.2, 0.25) is 5.91 Å². The summed E-state index contributed by atoms with van der Waals surface area (Å²) in [5.74, 6) is -6.12. The summed E-state index contributed by atoms with van der Waals surface area (Å²) in [6, 6.07) is 53.5. The van der Waals surface area contributed by atoms with Gasteiger partial charge in [0.25, 0.3) is 17.7 Å². The minimum atomic E-state index is -1.39. The number of aliphatic hydroxyl groups is 4. The Kier molecular flexibility index (Phi) is 32.8. The molecule has 0 saturated carbocycles. The summed E-state index contributed by atoms with van der Waals surface area (Å²) < 4.78 is 32.0. The number of phenolic OH excluding ortho intramolecular Hbond substituents is 1. The number of allylic oxidation sites excluding steroid dienone is 2. The number of carbonyl (C=O) groups excluding carboxylic acids is 6. The van der Waals surface area contributed by atoms with E-state index in [1.165, 1.54) is 65.2 Å². The Morgan fingerprint density at radius 1 is 0.577 bits per heavy atom. The van der Waals surface area contributed by atoms with Gasteiger partial charge in [0.05, 0.1) is 46.9 Å². The second-order valence-electron chi connectivity index (χ2n) is 26.9. The van der Waals surface area contributed by atoms with Gasteiger partial charge in [-0.15, -0.1) is 11.8 Å². The number of halogens is 2. The van der Waals surface area contributed by atoms with Crippen molar-refractivity contribution in [2.45, 2.75) is 140 Å². The molecule has 578 valence electrons. The Bertz CT molecular complexity index is 4500. The molecule has 4 amide bonds. The van der Waals surface area contributed by atoms with Crippen LogP contribution in [0.2, 0.25) is 0 Å². The van der Waals surface area contributed by atoms with E-state index in [4.69, 9.17) is 5.73 Å². The maximum atomic E-state index is 14.0. The zero-order valence-electron chi connectivity index (χ0n) is 61.8. The van der Waals surface area contributed by atoms with E-state index in [-0.39, 0.29) is 117 Å². The van der Waals surface area contributed by atoms with Gasteiger partial charge in [0.15, 0.2) is 0 Å². The zero-order chi connectivity index (χ0) is 78.8. The number of hydrogen-bond donors (Lipinski definition) is 10. The SMILES string of the molecule is C/C=C\C1=C(C(=O)O)N2C(=O)[C@@H](NC(=O)[C@H](N)c3ccc(O)cc3)[C@H]2SC1.CC(C)c1c(C(=O)Nc2ccccc2)c(-c2ccccc2)c(-c2ccc(F)cc2)n1CC[C@@H](O)C[C@@H](O)CC(=O)[O-].CC(C)c1c(C(=O)Nc2ccccc2)c(-c2ccccc2)c(-c2ccc(F)cc2)n1CC[C@@H](O)C[C@@H](O)CC(=O)[O-].O.[Ca+2]. The molecule has 9 aromatic rings. The predicted octanol–water partition coefficient (Wildman–Crippen LogP) is 9.46. The molecule has 23 nitrogen and oxygen atoms in total. The van der Waals surface area contributed by atoms with Crippen molar-refractivity contribution in [2.24, 2.45) is 5.73 Å². The van der Waals surface area contributed by atoms with Gasteiger partial charge in [-0.2, -0.15) is 0 Å². The number of nitrogens with zero attached hydrogens (tertiary/aromatic N) is 3. The minimum Gasteiger partial charge on any atom is -0.550 e. The van der Waals surface area contributed by atoms with Gasteiger partial charge >= 0.3 is 43.7 Å². The zero-order valence-corrected chi connectivity index (χ0v) is 64.9. The van der Waals surface area contributed by atoms with Crippen LogP contribution in [0.4, 0.5) is 20.2 Å². The standard InChI is InChI=1S/2C33H35FN2O5.C18H19N3O5S.Ca.H2O/c2*1-21(2)31-30(33(41)35-25-11-7-4-8-12-25)29(22-9-5-3-6-10-22)32(23-13-15-24(34)16-14-23)36(31)18-17-26(37)19-27(38)20-28(39)40;1-2-3-10-8-27-17-13(16(24)21(17)14(10)18(25)26)20-15(23)12(19)9-4-6-11(22)7-5-9;;/h2*3-16,21,26-27,37-38H,17-20H2,1-2H3,(H,35,41)(H,39,40);2-7,12-13,17,22H,8,19H2,1H3,(H,20,23)(H,25,26);;1H2/q;;;+2;/p-2/b;;3-2-;;/t2*26-,27-;12-,13-,17-;;/m111../s1. The fourth-order valence-electron chi connectivity index (χ4n) is 13.4. The average Bonchev–Trinajstić information content (AvgIpc) is 1.11. The number of carboxylic acids is 3. The van der Waals surface area contributed by atoms with Gasteiger partial charge in [-0.05, 0) is 163 Å². The number of aliphatic carboxylic acids is 3. The molecule has 11 rings (SSSR count). The molecular formula is C84H89CaF2N7O16S. The van der Waals surface area contributed by atoms with Crippen LogP contribution in [0.15, 0.2) is 218 Å². The fraction of sp³-hybridized carbons (Fsp3) is 0.274. The number of anilines is 2. The van der Waals surface area contributed by atoms with Gasteiger partial charge in [0, 0.05) is 77.5 Å². The first-order valence-corrected chi connectivity index (χ1v) is 36.6. The van der Waals surface area contributed by atoms with Crippen molar-refractivity contribution in [3.63, 3.8) is 0 Å². The van der Waals surface area contributed by atoms with E-state index in [0.29, 0.717) is 73.0 Å². The number of thioether (sulfide) groups is 1. The number of β-lactam (4-membered cyclic amide) rings is 1. The number of nitrogens with one attached hydrogen (secondary N) is 3. The molecule has 13 N–H and O–H groups in total. The van der Waals surface area contributed by atoms with Gasteiger partial charge in [-0.3, -0.25) is 24.1 Å². The smallest absolute Gasteiger partial charge is 0.550 e. The van der Waals surface area contributed by atoms with Crippen LogP contribution in [0.3, 0.4) is 0 Å². The fourth-order valence-corrected chi connectivity index (χ4v) is 14.8. The van der Waals surface area contributed by atoms with Crippen LogP contribution in [-0.4, -0.2) is 171 Å². The Balaban J connectivity index is 0.000000234. The summed E-state index contributed by atoms with van der Waals surface area (Å²) in [6.07, 6.45) is -2.14. The Morgan fingerprint density at radius 3 is 1.32 bits per heavy atom. The number of hydrogen-bond acceptors (Lipinski definition) is 16. The molecule has 1 fully saturated rings. The van der Waals surface area contributed by atoms with E-state index >= 15 is 0 Å². The second-order valence-corrected chi connectivity index (χ2v) is 28.0. The predicted molar refractivity (Wildman–Crippen MR) is 418 cm³/mol. The molecule has 0 bridgehead atoms. The number of aliphatic hydroxyl groups excluding tert-OH is 4. The van der Waals surface area contributed by atoms with Crippen molar-refractivity contribution in [1.29, 1.82) is 0 Å². The first-order chi connectivity index (χ1) is 52.1. The van der Waals surface area contributed by atoms with Gasteiger partial charge in [0.1, 0.15) is 40.5 Å². The molecule has 27 heteroatoms. The van der Waals surface area contributed by atoms with Crippen LogP contribution in [-0.2, 0) is 37.1 Å². The number of amides is 4. The molecular weight excluding hydrogens is 1470 g/mol. The maximum Gasteiger partial charge on any atom is 2.00 e. The summed E-state index contributed by atoms with van der Waals surface area (Å²) in [5, 5.41) is 90.1. The number of carbonyl (C=O) groups is 7. The number of aromatic nitrogens is 2. The number of carboxylic acid groups (broad SMARTS) is 3. The van der Waals surface area contributed by atoms with Crippen molar-refractivity contribution in [2.75, 3.05) is 16.4 Å². The third-order valence-corrected chi connectivity index (χ3v) is 19.5. The van der Waals surface area contributed by atoms with E-state index in [1.807, 2.05) is 134 Å². The number of para-hydroxylation sites is 2. The van der Waals surface area contributed by atoms with Gasteiger partial charge < -0.3 is 86.7 Å². The topological polar surface area (TPSA) is 394 Å². The summed E-state index contributed by atoms with van der Waals surface area (Å²) in [7, 11) is 0. The summed E-state index contributed by atoms with van der Waals surface area (Å²) in [5.41, 5.74) is 16.4. The average molecular weight is 1560 g/mol. The molecule has 2 aromatic heterocycles. The first-order valence-electron chi connectivity index (χ1n) is 35.5. The number of aromatic hydroxyl groups is 1. The number of rotatable bonds is 29. The third-order valence-electron chi connectivity index (χ3n) is 18.2. The first kappa shape index (κ1) is 88.1. The Hall–Kier alpha value is -10.1. The minimum absolute atomic E-state index is 0. The molecule has 4 heterocycles. The quantitative estimate of drug-likeness (QED) is 0.0154. The summed E-state index contributed by atoms with van der Waals surface area (Å²) in [4.78, 5) is 87.5. The number of nitrogens with two attached hydrogens (primary N) is 1. The van der Waals surface area contributed by atoms with Crippen LogP contribution in [0.25, 0.3) is 44.8 Å². The number of phenols is 1. The summed E-state index contributed by atoms with van der Waals surface area (Å²) >= 11 is 1.39. The molecule has 2 aliphatic rings. The molecule has 0 spiro atoms. The van der Waals surface area contributed by atoms with Crippen molar-refractivity contribution in [3.8, 4) is 50.5 Å². The molecule has 0 radical (unpaired) electrons. The van der Waals surface area contributed by atoms with Crippen LogP contribution in [0.1, 0.15) is 129 Å². The molecule has 0 unspecified atom stereocenters. The second kappa shape index (κ2) is 41.3. The van der Waals surface area contributed by atoms with Crippen LogP contribution in [0, 0.1) is 11.6 Å². The van der Waals surface area contributed by atoms with E-state index in [0.717, 1.165) is 22.5 Å². The maximum absolute atomic E-state index is 14.0. The van der Waals surface area contributed by atoms with Crippen molar-refractivity contribution in [3.05, 3.63) is 257 Å². The van der Waals surface area contributed by atoms with Crippen LogP contribution in [0.5, 0.6) is 5.75 Å². The van der Waals surface area contributed by atoms with Gasteiger partial charge in [-0.1, -0.05) is 149 Å². The number of fused-ring (bicyclic) bond motifs is 1. The summed E-state index contributed by atoms with van der Waals surface area (Å²) in [6.45, 7) is 10.2. The molecule has 7 aromatic carbocycles.